The fraction of sp³-hybridized carbons (Fsp3) is 0.556. The van der Waals surface area contributed by atoms with Gasteiger partial charge in [0, 0.05) is 0 Å². The molecule has 0 radical (unpaired) electrons. The van der Waals surface area contributed by atoms with Crippen molar-refractivity contribution in [3.63, 3.8) is 0 Å². The summed E-state index contributed by atoms with van der Waals surface area (Å²) in [4.78, 5) is 0. The molecular formula is C18H33Cl2HfSi3. The summed E-state index contributed by atoms with van der Waals surface area (Å²) in [6.45, 7) is 20.2. The van der Waals surface area contributed by atoms with E-state index in [1.54, 1.807) is 10.4 Å². The average Bonchev–Trinajstić information content (AvgIpc) is 2.95. The van der Waals surface area contributed by atoms with E-state index in [1.807, 2.05) is 6.66 Å². The first-order valence-corrected chi connectivity index (χ1v) is 28.4. The van der Waals surface area contributed by atoms with Crippen LogP contribution in [0.1, 0.15) is 12.8 Å². The molecule has 2 aliphatic carbocycles. The summed E-state index contributed by atoms with van der Waals surface area (Å²) < 4.78 is 3.89. The molecule has 2 aliphatic rings. The monoisotopic (exact) mass is 583 g/mol. The minimum absolute atomic E-state index is 0. The van der Waals surface area contributed by atoms with Crippen LogP contribution in [0.25, 0.3) is 0 Å². The van der Waals surface area contributed by atoms with Crippen molar-refractivity contribution in [2.24, 2.45) is 0 Å². The molecule has 0 amide bonds. The normalized spacial score (nSPS) is 17.5. The van der Waals surface area contributed by atoms with Gasteiger partial charge < -0.3 is 24.8 Å². The van der Waals surface area contributed by atoms with Gasteiger partial charge in [0.05, 0.1) is 0 Å². The average molecular weight is 583 g/mol. The fourth-order valence-corrected chi connectivity index (χ4v) is 33.9. The second-order valence-corrected chi connectivity index (χ2v) is 46.4. The van der Waals surface area contributed by atoms with Crippen molar-refractivity contribution in [3.8, 4) is 0 Å². The molecule has 0 bridgehead atoms. The summed E-state index contributed by atoms with van der Waals surface area (Å²) >= 11 is -1.69. The number of hydrogen-bond donors (Lipinski definition) is 0. The van der Waals surface area contributed by atoms with E-state index in [-0.39, 0.29) is 24.8 Å². The van der Waals surface area contributed by atoms with Gasteiger partial charge in [-0.1, -0.05) is 0 Å². The van der Waals surface area contributed by atoms with Gasteiger partial charge in [0.2, 0.25) is 0 Å². The molecule has 0 aromatic rings. The van der Waals surface area contributed by atoms with Crippen LogP contribution >= 0.6 is 0 Å². The first-order valence-electron chi connectivity index (χ1n) is 8.70. The Morgan fingerprint density at radius 2 is 1.08 bits per heavy atom. The van der Waals surface area contributed by atoms with Gasteiger partial charge in [-0.15, -0.1) is 0 Å². The van der Waals surface area contributed by atoms with Crippen LogP contribution in [0.5, 0.6) is 0 Å². The van der Waals surface area contributed by atoms with Gasteiger partial charge in [0.1, 0.15) is 0 Å². The second-order valence-electron chi connectivity index (χ2n) is 9.13. The summed E-state index contributed by atoms with van der Waals surface area (Å²) in [6.07, 6.45) is 13.2. The minimum Gasteiger partial charge on any atom is -1.00 e. The molecule has 0 aliphatic heterocycles. The van der Waals surface area contributed by atoms with Crippen LogP contribution in [0.4, 0.5) is 0 Å². The van der Waals surface area contributed by atoms with Crippen LogP contribution in [-0.4, -0.2) is 22.1 Å². The zero-order chi connectivity index (χ0) is 16.7. The molecule has 0 heterocycles. The molecule has 0 aromatic heterocycles. The molecule has 0 fully saturated rings. The predicted octanol–water partition coefficient (Wildman–Crippen LogP) is -0.221. The molecule has 0 unspecified atom stereocenters. The van der Waals surface area contributed by atoms with E-state index in [0.717, 1.165) is 0 Å². The molecule has 0 spiro atoms. The zero-order valence-corrected chi connectivity index (χ0v) is 24.8. The van der Waals surface area contributed by atoms with Crippen molar-refractivity contribution in [1.29, 1.82) is 0 Å². The summed E-state index contributed by atoms with van der Waals surface area (Å²) in [5.74, 6) is -0.514. The van der Waals surface area contributed by atoms with Crippen LogP contribution in [0, 0.1) is 0 Å². The van der Waals surface area contributed by atoms with Gasteiger partial charge in [-0.05, 0) is 0 Å². The van der Waals surface area contributed by atoms with Gasteiger partial charge in [-0.25, -0.2) is 0 Å². The zero-order valence-electron chi connectivity index (χ0n) is 16.6. The fourth-order valence-electron chi connectivity index (χ4n) is 3.42. The summed E-state index contributed by atoms with van der Waals surface area (Å²) in [6, 6.07) is 0. The Morgan fingerprint density at radius 3 is 1.29 bits per heavy atom. The molecule has 6 heteroatoms. The molecular weight excluding hydrogens is 550 g/mol. The molecule has 135 valence electrons. The van der Waals surface area contributed by atoms with E-state index in [2.05, 4.69) is 76.7 Å². The number of halogens is 2. The maximum atomic E-state index is 2.69. The minimum atomic E-state index is -1.69. The predicted molar refractivity (Wildman–Crippen MR) is 107 cm³/mol. The third-order valence-electron chi connectivity index (χ3n) is 4.74. The van der Waals surface area contributed by atoms with Gasteiger partial charge in [-0.2, -0.15) is 0 Å². The molecule has 0 atom stereocenters. The van der Waals surface area contributed by atoms with Gasteiger partial charge >= 0.3 is 149 Å². The molecule has 0 N–H and O–H groups in total. The standard InChI is InChI=1S/2C8H13Si.C2H7Si.2ClH.Hf/c2*1-9(2,3)8-6-4-5-7-8;1-3-2;;;/h2*6-7H,4H2,1-3H3;3H,1-2H3;2*1H;/q;;;;;+2/p-2. The topological polar surface area (TPSA) is 0 Å². The van der Waals surface area contributed by atoms with Gasteiger partial charge in [0.15, 0.2) is 0 Å². The molecule has 24 heavy (non-hydrogen) atoms. The molecule has 0 nitrogen and oxygen atoms in total. The molecule has 2 rings (SSSR count). The Kier molecular flexibility index (Phi) is 9.73. The number of hydrogen-bond acceptors (Lipinski definition) is 0. The Bertz CT molecular complexity index is 528. The van der Waals surface area contributed by atoms with Crippen LogP contribution in [-0.2, 0) is 20.6 Å². The first-order chi connectivity index (χ1) is 10.00. The van der Waals surface area contributed by atoms with Crippen molar-refractivity contribution < 1.29 is 45.4 Å². The maximum absolute atomic E-state index is 2.69. The van der Waals surface area contributed by atoms with E-state index >= 15 is 0 Å². The Labute approximate surface area is 172 Å². The maximum Gasteiger partial charge on any atom is -1.00 e. The van der Waals surface area contributed by atoms with Crippen LogP contribution < -0.4 is 24.8 Å². The SMILES string of the molecule is C[SiH](C)[Hf+2]([C]1=CC([Si](C)(C)C)=CC1)[C]1=CC([Si](C)(C)C)=CC1.[Cl-].[Cl-]. The summed E-state index contributed by atoms with van der Waals surface area (Å²) in [5, 5.41) is 3.47. The van der Waals surface area contributed by atoms with E-state index in [9.17, 15) is 0 Å². The van der Waals surface area contributed by atoms with E-state index in [1.165, 1.54) is 12.8 Å². The van der Waals surface area contributed by atoms with Crippen molar-refractivity contribution >= 4 is 22.1 Å². The van der Waals surface area contributed by atoms with Crippen LogP contribution in [0.3, 0.4) is 0 Å². The Morgan fingerprint density at radius 1 is 0.750 bits per heavy atom. The molecule has 0 saturated heterocycles. The summed E-state index contributed by atoms with van der Waals surface area (Å²) in [5.41, 5.74) is 0. The van der Waals surface area contributed by atoms with E-state index in [0.29, 0.717) is 0 Å². The Balaban J connectivity index is 0.00000264. The third kappa shape index (κ3) is 6.05. The smallest absolute Gasteiger partial charge is 1.00 e. The quantitative estimate of drug-likeness (QED) is 0.394. The molecule has 0 saturated carbocycles. The Hall–Kier alpha value is 1.06. The first kappa shape index (κ1) is 25.1. The third-order valence-corrected chi connectivity index (χ3v) is 36.1. The molecule has 0 aromatic carbocycles. The van der Waals surface area contributed by atoms with E-state index in [4.69, 9.17) is 0 Å². The van der Waals surface area contributed by atoms with Crippen LogP contribution in [0.2, 0.25) is 52.4 Å². The largest absolute Gasteiger partial charge is 1.00 e. The van der Waals surface area contributed by atoms with Crippen LogP contribution in [0.15, 0.2) is 41.4 Å². The number of allylic oxidation sites excluding steroid dienone is 8. The van der Waals surface area contributed by atoms with Gasteiger partial charge in [0.25, 0.3) is 0 Å². The van der Waals surface area contributed by atoms with Crippen molar-refractivity contribution in [2.75, 3.05) is 0 Å². The van der Waals surface area contributed by atoms with E-state index < -0.39 is 42.7 Å². The second kappa shape index (κ2) is 9.32. The summed E-state index contributed by atoms with van der Waals surface area (Å²) in [7, 11) is -2.24. The van der Waals surface area contributed by atoms with Gasteiger partial charge in [-0.3, -0.25) is 0 Å². The number of rotatable bonds is 5. The van der Waals surface area contributed by atoms with Crippen molar-refractivity contribution in [1.82, 2.24) is 0 Å². The van der Waals surface area contributed by atoms with Crippen molar-refractivity contribution in [2.45, 2.75) is 65.2 Å². The van der Waals surface area contributed by atoms with Crippen molar-refractivity contribution in [3.05, 3.63) is 41.4 Å².